The van der Waals surface area contributed by atoms with Crippen molar-refractivity contribution in [2.45, 2.75) is 64.9 Å². The van der Waals surface area contributed by atoms with Gasteiger partial charge >= 0.3 is 5.97 Å². The lowest BCUT2D eigenvalue weighted by atomic mass is 9.44. The van der Waals surface area contributed by atoms with Crippen molar-refractivity contribution < 1.29 is 14.3 Å². The van der Waals surface area contributed by atoms with Crippen LogP contribution < -0.4 is 0 Å². The number of hydrogen-bond donors (Lipinski definition) is 0. The molecule has 0 amide bonds. The van der Waals surface area contributed by atoms with Crippen molar-refractivity contribution in [3.63, 3.8) is 0 Å². The molecule has 21 heavy (non-hydrogen) atoms. The van der Waals surface area contributed by atoms with Gasteiger partial charge in [0.2, 0.25) is 0 Å². The van der Waals surface area contributed by atoms with E-state index in [1.807, 2.05) is 0 Å². The number of ketones is 1. The van der Waals surface area contributed by atoms with Crippen LogP contribution in [0.2, 0.25) is 0 Å². The molecule has 4 fully saturated rings. The first-order chi connectivity index (χ1) is 10.0. The molecule has 0 aliphatic heterocycles. The topological polar surface area (TPSA) is 43.4 Å². The van der Waals surface area contributed by atoms with E-state index in [0.717, 1.165) is 31.1 Å². The third-order valence-corrected chi connectivity index (χ3v) is 7.16. The third-order valence-electron chi connectivity index (χ3n) is 7.16. The van der Waals surface area contributed by atoms with Gasteiger partial charge in [0.15, 0.2) is 0 Å². The lowest BCUT2D eigenvalue weighted by Crippen LogP contribution is -2.59. The molecule has 0 aromatic heterocycles. The van der Waals surface area contributed by atoms with E-state index in [1.165, 1.54) is 26.2 Å². The number of rotatable bonds is 1. The fraction of sp³-hybridized carbons (Fsp3) is 0.889. The molecule has 3 nitrogen and oxygen atoms in total. The molecule has 0 N–H and O–H groups in total. The second-order valence-corrected chi connectivity index (χ2v) is 8.15. The highest BCUT2D eigenvalue weighted by molar-refractivity contribution is 5.83. The lowest BCUT2D eigenvalue weighted by Gasteiger charge is -2.61. The Morgan fingerprint density at radius 1 is 1.19 bits per heavy atom. The summed E-state index contributed by atoms with van der Waals surface area (Å²) in [5.41, 5.74) is 0.177. The molecule has 7 atom stereocenters. The second kappa shape index (κ2) is 4.57. The summed E-state index contributed by atoms with van der Waals surface area (Å²) in [4.78, 5) is 24.1. The van der Waals surface area contributed by atoms with Crippen molar-refractivity contribution in [1.82, 2.24) is 0 Å². The van der Waals surface area contributed by atoms with Crippen molar-refractivity contribution in [3.8, 4) is 0 Å². The van der Waals surface area contributed by atoms with Gasteiger partial charge in [-0.05, 0) is 61.7 Å². The zero-order chi connectivity index (χ0) is 14.8. The predicted molar refractivity (Wildman–Crippen MR) is 78.4 cm³/mol. The summed E-state index contributed by atoms with van der Waals surface area (Å²) in [6, 6.07) is 0. The van der Waals surface area contributed by atoms with Crippen LogP contribution in [0.5, 0.6) is 0 Å². The first kappa shape index (κ1) is 13.8. The first-order valence-corrected chi connectivity index (χ1v) is 8.72. The van der Waals surface area contributed by atoms with Crippen LogP contribution in [0.1, 0.15) is 58.8 Å². The Balaban J connectivity index is 1.77. The molecular formula is C18H26O3. The Hall–Kier alpha value is -0.860. The van der Waals surface area contributed by atoms with Crippen molar-refractivity contribution in [2.75, 3.05) is 0 Å². The number of Topliss-reactive ketones (excluding diaryl/α,β-unsaturated/α-hetero) is 1. The van der Waals surface area contributed by atoms with Crippen LogP contribution in [0.4, 0.5) is 0 Å². The van der Waals surface area contributed by atoms with E-state index >= 15 is 0 Å². The van der Waals surface area contributed by atoms with Crippen LogP contribution in [0.25, 0.3) is 0 Å². The van der Waals surface area contributed by atoms with E-state index in [0.29, 0.717) is 24.0 Å². The highest BCUT2D eigenvalue weighted by atomic mass is 16.5. The summed E-state index contributed by atoms with van der Waals surface area (Å²) in [5.74, 6) is 3.18. The van der Waals surface area contributed by atoms with E-state index in [-0.39, 0.29) is 23.4 Å². The molecule has 0 saturated heterocycles. The highest BCUT2D eigenvalue weighted by Crippen LogP contribution is 2.69. The summed E-state index contributed by atoms with van der Waals surface area (Å²) in [6.45, 7) is 3.89. The molecule has 0 radical (unpaired) electrons. The SMILES string of the molecule is CC(=O)O[C@@H]1C[C@@H]2C[C@@H](C)C[C@]34[C@@H]2CC[C@H]3C(=O)CC[C@H]14. The van der Waals surface area contributed by atoms with Gasteiger partial charge in [0.1, 0.15) is 11.9 Å². The minimum atomic E-state index is -0.146. The molecule has 0 heterocycles. The number of carbonyl (C=O) groups is 2. The minimum absolute atomic E-state index is 0.0740. The smallest absolute Gasteiger partial charge is 0.302 e. The molecule has 4 aliphatic rings. The third kappa shape index (κ3) is 1.78. The molecule has 0 unspecified atom stereocenters. The maximum Gasteiger partial charge on any atom is 0.302 e. The lowest BCUT2D eigenvalue weighted by molar-refractivity contribution is -0.187. The van der Waals surface area contributed by atoms with Gasteiger partial charge < -0.3 is 4.74 Å². The molecule has 0 aromatic rings. The molecule has 4 rings (SSSR count). The van der Waals surface area contributed by atoms with Gasteiger partial charge in [-0.1, -0.05) is 6.92 Å². The Morgan fingerprint density at radius 2 is 2.00 bits per heavy atom. The van der Waals surface area contributed by atoms with Crippen LogP contribution in [0.3, 0.4) is 0 Å². The molecular weight excluding hydrogens is 264 g/mol. The van der Waals surface area contributed by atoms with E-state index in [2.05, 4.69) is 6.92 Å². The maximum atomic E-state index is 12.5. The van der Waals surface area contributed by atoms with Crippen molar-refractivity contribution in [3.05, 3.63) is 0 Å². The van der Waals surface area contributed by atoms with Crippen molar-refractivity contribution in [1.29, 1.82) is 0 Å². The first-order valence-electron chi connectivity index (χ1n) is 8.72. The standard InChI is InChI=1S/C18H26O3/c1-10-7-12-8-17(21-11(2)19)15-5-6-16(20)14-4-3-13(12)18(14,15)9-10/h10,12-15,17H,3-9H2,1-2H3/t10-,12+,13-,14+,15-,17-,18+/m1/s1. The molecule has 116 valence electrons. The van der Waals surface area contributed by atoms with E-state index in [1.54, 1.807) is 0 Å². The minimum Gasteiger partial charge on any atom is -0.462 e. The zero-order valence-corrected chi connectivity index (χ0v) is 13.1. The molecule has 0 aromatic carbocycles. The molecule has 4 aliphatic carbocycles. The van der Waals surface area contributed by atoms with Gasteiger partial charge in [-0.2, -0.15) is 0 Å². The fourth-order valence-corrected chi connectivity index (χ4v) is 6.96. The summed E-state index contributed by atoms with van der Waals surface area (Å²) in [5, 5.41) is 0. The number of esters is 1. The average molecular weight is 290 g/mol. The van der Waals surface area contributed by atoms with Gasteiger partial charge in [-0.15, -0.1) is 0 Å². The monoisotopic (exact) mass is 290 g/mol. The Bertz CT molecular complexity index is 485. The largest absolute Gasteiger partial charge is 0.462 e. The Kier molecular flexibility index (Phi) is 3.00. The number of hydrogen-bond acceptors (Lipinski definition) is 3. The number of ether oxygens (including phenoxy) is 1. The van der Waals surface area contributed by atoms with Gasteiger partial charge in [0.05, 0.1) is 0 Å². The van der Waals surface area contributed by atoms with E-state index in [9.17, 15) is 9.59 Å². The van der Waals surface area contributed by atoms with Crippen LogP contribution in [0, 0.1) is 35.0 Å². The summed E-state index contributed by atoms with van der Waals surface area (Å²) in [6.07, 6.45) is 7.55. The quantitative estimate of drug-likeness (QED) is 0.695. The normalized spacial score (nSPS) is 51.4. The van der Waals surface area contributed by atoms with Gasteiger partial charge in [0.25, 0.3) is 0 Å². The Labute approximate surface area is 126 Å². The zero-order valence-electron chi connectivity index (χ0n) is 13.1. The van der Waals surface area contributed by atoms with Crippen molar-refractivity contribution >= 4 is 11.8 Å². The molecule has 2 bridgehead atoms. The second-order valence-electron chi connectivity index (χ2n) is 8.15. The van der Waals surface area contributed by atoms with Crippen LogP contribution in [0.15, 0.2) is 0 Å². The summed E-state index contributed by atoms with van der Waals surface area (Å²) in [7, 11) is 0. The molecule has 3 heteroatoms. The number of carbonyl (C=O) groups excluding carboxylic acids is 2. The van der Waals surface area contributed by atoms with Crippen LogP contribution in [-0.4, -0.2) is 17.9 Å². The van der Waals surface area contributed by atoms with Crippen LogP contribution >= 0.6 is 0 Å². The van der Waals surface area contributed by atoms with Crippen LogP contribution in [-0.2, 0) is 14.3 Å². The van der Waals surface area contributed by atoms with Crippen molar-refractivity contribution in [2.24, 2.45) is 35.0 Å². The molecule has 4 saturated carbocycles. The Morgan fingerprint density at radius 3 is 2.76 bits per heavy atom. The highest BCUT2D eigenvalue weighted by Gasteiger charge is 2.66. The van der Waals surface area contributed by atoms with E-state index in [4.69, 9.17) is 4.74 Å². The van der Waals surface area contributed by atoms with E-state index < -0.39 is 0 Å². The fourth-order valence-electron chi connectivity index (χ4n) is 6.96. The van der Waals surface area contributed by atoms with Gasteiger partial charge in [-0.3, -0.25) is 9.59 Å². The molecule has 1 spiro atoms. The summed E-state index contributed by atoms with van der Waals surface area (Å²) >= 11 is 0. The van der Waals surface area contributed by atoms with Gasteiger partial charge in [-0.25, -0.2) is 0 Å². The average Bonchev–Trinajstić information content (AvgIpc) is 2.77. The predicted octanol–water partition coefficient (Wildman–Crippen LogP) is 3.36. The van der Waals surface area contributed by atoms with Gasteiger partial charge in [0, 0.05) is 25.2 Å². The summed E-state index contributed by atoms with van der Waals surface area (Å²) < 4.78 is 5.74. The maximum absolute atomic E-state index is 12.5.